The molecular formula is C13H22O3Si. The van der Waals surface area contributed by atoms with Crippen molar-refractivity contribution in [3.63, 3.8) is 0 Å². The Balaban J connectivity index is 2.63. The van der Waals surface area contributed by atoms with Crippen LogP contribution in [0.15, 0.2) is 30.3 Å². The normalized spacial score (nSPS) is 11.7. The molecule has 0 radical (unpaired) electrons. The van der Waals surface area contributed by atoms with Crippen LogP contribution in [0.3, 0.4) is 0 Å². The van der Waals surface area contributed by atoms with E-state index in [1.54, 1.807) is 14.2 Å². The molecule has 1 aromatic rings. The third-order valence-corrected chi connectivity index (χ3v) is 5.43. The minimum absolute atomic E-state index is 0.706. The summed E-state index contributed by atoms with van der Waals surface area (Å²) < 4.78 is 16.9. The van der Waals surface area contributed by atoms with Gasteiger partial charge in [-0.2, -0.15) is 0 Å². The summed E-state index contributed by atoms with van der Waals surface area (Å²) in [6.45, 7) is 2.85. The standard InChI is InChI=1S/C13H22O3Si/c1-4-5-11-16-17(14-2,15-3)12-13-9-7-6-8-10-13/h6-10H,4-5,11-12H2,1-3H3. The first kappa shape index (κ1) is 14.4. The average Bonchev–Trinajstić information content (AvgIpc) is 2.39. The van der Waals surface area contributed by atoms with Crippen molar-refractivity contribution in [3.05, 3.63) is 35.9 Å². The summed E-state index contributed by atoms with van der Waals surface area (Å²) >= 11 is 0. The maximum atomic E-state index is 5.87. The highest BCUT2D eigenvalue weighted by molar-refractivity contribution is 6.60. The first-order valence-electron chi connectivity index (χ1n) is 6.04. The van der Waals surface area contributed by atoms with E-state index < -0.39 is 8.80 Å². The van der Waals surface area contributed by atoms with Gasteiger partial charge in [-0.15, -0.1) is 0 Å². The quantitative estimate of drug-likeness (QED) is 0.527. The summed E-state index contributed by atoms with van der Waals surface area (Å²) in [4.78, 5) is 0. The molecule has 0 aliphatic carbocycles. The SMILES string of the molecule is CCCCO[Si](Cc1ccccc1)(OC)OC. The topological polar surface area (TPSA) is 27.7 Å². The van der Waals surface area contributed by atoms with Gasteiger partial charge in [-0.1, -0.05) is 43.7 Å². The Labute approximate surface area is 105 Å². The minimum Gasteiger partial charge on any atom is -0.377 e. The van der Waals surface area contributed by atoms with Crippen LogP contribution in [-0.2, 0) is 19.3 Å². The van der Waals surface area contributed by atoms with E-state index in [9.17, 15) is 0 Å². The van der Waals surface area contributed by atoms with Crippen LogP contribution in [0, 0.1) is 0 Å². The maximum Gasteiger partial charge on any atom is 0.505 e. The molecule has 1 rings (SSSR count). The molecule has 0 saturated carbocycles. The predicted molar refractivity (Wildman–Crippen MR) is 70.8 cm³/mol. The van der Waals surface area contributed by atoms with Gasteiger partial charge in [-0.05, 0) is 12.0 Å². The summed E-state index contributed by atoms with van der Waals surface area (Å²) in [5.41, 5.74) is 1.19. The zero-order valence-electron chi connectivity index (χ0n) is 10.9. The number of hydrogen-bond acceptors (Lipinski definition) is 3. The number of rotatable bonds is 8. The van der Waals surface area contributed by atoms with Crippen LogP contribution in [-0.4, -0.2) is 29.6 Å². The second kappa shape index (κ2) is 7.61. The van der Waals surface area contributed by atoms with E-state index >= 15 is 0 Å². The van der Waals surface area contributed by atoms with Gasteiger partial charge in [0.25, 0.3) is 0 Å². The smallest absolute Gasteiger partial charge is 0.377 e. The Kier molecular flexibility index (Phi) is 6.43. The van der Waals surface area contributed by atoms with Crippen LogP contribution in [0.5, 0.6) is 0 Å². The highest BCUT2D eigenvalue weighted by Gasteiger charge is 2.39. The summed E-state index contributed by atoms with van der Waals surface area (Å²) in [5.74, 6) is 0. The molecule has 0 saturated heterocycles. The number of hydrogen-bond donors (Lipinski definition) is 0. The largest absolute Gasteiger partial charge is 0.505 e. The minimum atomic E-state index is -2.52. The molecule has 96 valence electrons. The summed E-state index contributed by atoms with van der Waals surface area (Å²) in [6.07, 6.45) is 2.15. The van der Waals surface area contributed by atoms with E-state index in [2.05, 4.69) is 19.1 Å². The zero-order chi connectivity index (χ0) is 12.6. The Hall–Kier alpha value is -0.683. The van der Waals surface area contributed by atoms with Gasteiger partial charge in [-0.25, -0.2) is 0 Å². The van der Waals surface area contributed by atoms with E-state index in [-0.39, 0.29) is 0 Å². The molecule has 0 amide bonds. The average molecular weight is 254 g/mol. The number of benzene rings is 1. The van der Waals surface area contributed by atoms with E-state index in [4.69, 9.17) is 13.3 Å². The van der Waals surface area contributed by atoms with Crippen molar-refractivity contribution in [3.8, 4) is 0 Å². The lowest BCUT2D eigenvalue weighted by molar-refractivity contribution is 0.0959. The third kappa shape index (κ3) is 4.59. The molecule has 0 spiro atoms. The predicted octanol–water partition coefficient (Wildman–Crippen LogP) is 2.82. The Morgan fingerprint density at radius 1 is 1.06 bits per heavy atom. The highest BCUT2D eigenvalue weighted by Crippen LogP contribution is 2.15. The van der Waals surface area contributed by atoms with Gasteiger partial charge in [0, 0.05) is 26.9 Å². The van der Waals surface area contributed by atoms with Crippen molar-refractivity contribution in [1.29, 1.82) is 0 Å². The van der Waals surface area contributed by atoms with Crippen LogP contribution < -0.4 is 0 Å². The van der Waals surface area contributed by atoms with Gasteiger partial charge < -0.3 is 13.3 Å². The first-order valence-corrected chi connectivity index (χ1v) is 7.97. The van der Waals surface area contributed by atoms with Crippen molar-refractivity contribution in [2.45, 2.75) is 25.8 Å². The molecule has 0 fully saturated rings. The lowest BCUT2D eigenvalue weighted by atomic mass is 10.2. The second-order valence-electron chi connectivity index (χ2n) is 3.96. The van der Waals surface area contributed by atoms with Crippen LogP contribution >= 0.6 is 0 Å². The lowest BCUT2D eigenvalue weighted by Gasteiger charge is -2.26. The molecule has 3 nitrogen and oxygen atoms in total. The Morgan fingerprint density at radius 3 is 2.24 bits per heavy atom. The van der Waals surface area contributed by atoms with Gasteiger partial charge in [0.05, 0.1) is 0 Å². The summed E-state index contributed by atoms with van der Waals surface area (Å²) in [5, 5.41) is 0. The van der Waals surface area contributed by atoms with Crippen LogP contribution in [0.2, 0.25) is 0 Å². The monoisotopic (exact) mass is 254 g/mol. The molecule has 0 atom stereocenters. The molecule has 0 aliphatic rings. The molecule has 0 aromatic heterocycles. The van der Waals surface area contributed by atoms with E-state index in [0.29, 0.717) is 6.61 Å². The van der Waals surface area contributed by atoms with E-state index in [1.165, 1.54) is 5.56 Å². The van der Waals surface area contributed by atoms with Gasteiger partial charge in [0.1, 0.15) is 0 Å². The van der Waals surface area contributed by atoms with Crippen LogP contribution in [0.4, 0.5) is 0 Å². The van der Waals surface area contributed by atoms with Gasteiger partial charge in [-0.3, -0.25) is 0 Å². The molecule has 0 bridgehead atoms. The lowest BCUT2D eigenvalue weighted by Crippen LogP contribution is -2.47. The van der Waals surface area contributed by atoms with E-state index in [1.807, 2.05) is 18.2 Å². The molecule has 17 heavy (non-hydrogen) atoms. The summed E-state index contributed by atoms with van der Waals surface area (Å²) in [7, 11) is 0.821. The fourth-order valence-corrected chi connectivity index (χ4v) is 3.60. The van der Waals surface area contributed by atoms with Crippen molar-refractivity contribution in [2.75, 3.05) is 20.8 Å². The Bertz CT molecular complexity index is 299. The molecular weight excluding hydrogens is 232 g/mol. The van der Waals surface area contributed by atoms with Crippen LogP contribution in [0.1, 0.15) is 25.3 Å². The van der Waals surface area contributed by atoms with Gasteiger partial charge in [0.2, 0.25) is 0 Å². The second-order valence-corrected chi connectivity index (χ2v) is 6.78. The fraction of sp³-hybridized carbons (Fsp3) is 0.538. The molecule has 0 unspecified atom stereocenters. The molecule has 1 aromatic carbocycles. The molecule has 0 N–H and O–H groups in total. The van der Waals surface area contributed by atoms with Gasteiger partial charge in [0.15, 0.2) is 0 Å². The molecule has 0 heterocycles. The van der Waals surface area contributed by atoms with Crippen molar-refractivity contribution < 1.29 is 13.3 Å². The zero-order valence-corrected chi connectivity index (χ0v) is 11.9. The molecule has 4 heteroatoms. The van der Waals surface area contributed by atoms with Crippen molar-refractivity contribution >= 4 is 8.80 Å². The third-order valence-electron chi connectivity index (χ3n) is 2.71. The highest BCUT2D eigenvalue weighted by atomic mass is 28.4. The van der Waals surface area contributed by atoms with Crippen molar-refractivity contribution in [1.82, 2.24) is 0 Å². The van der Waals surface area contributed by atoms with Crippen molar-refractivity contribution in [2.24, 2.45) is 0 Å². The summed E-state index contributed by atoms with van der Waals surface area (Å²) in [6, 6.07) is 10.9. The van der Waals surface area contributed by atoms with Crippen LogP contribution in [0.25, 0.3) is 0 Å². The molecule has 0 aliphatic heterocycles. The maximum absolute atomic E-state index is 5.87. The first-order chi connectivity index (χ1) is 8.26. The van der Waals surface area contributed by atoms with E-state index in [0.717, 1.165) is 18.9 Å². The van der Waals surface area contributed by atoms with Gasteiger partial charge >= 0.3 is 8.80 Å². The fourth-order valence-electron chi connectivity index (χ4n) is 1.61. The number of unbranched alkanes of at least 4 members (excludes halogenated alkanes) is 1. The Morgan fingerprint density at radius 2 is 1.71 bits per heavy atom.